The number of carbonyl (C=O) groups excluding carboxylic acids is 1. The average molecular weight is 507 g/mol. The van der Waals surface area contributed by atoms with Crippen LogP contribution >= 0.6 is 0 Å². The van der Waals surface area contributed by atoms with Crippen LogP contribution in [0.4, 0.5) is 10.6 Å². The Balaban J connectivity index is 1.22. The molecule has 204 valence electrons. The second kappa shape index (κ2) is 10.7. The van der Waals surface area contributed by atoms with Crippen LogP contribution in [0.1, 0.15) is 105 Å². The highest BCUT2D eigenvalue weighted by Gasteiger charge is 2.59. The second-order valence-corrected chi connectivity index (χ2v) is 13.9. The lowest BCUT2D eigenvalue weighted by Crippen LogP contribution is -2.51. The number of carbonyl (C=O) groups is 1. The third-order valence-corrected chi connectivity index (χ3v) is 11.4. The fourth-order valence-electron chi connectivity index (χ4n) is 9.47. The molecule has 4 aliphatic carbocycles. The Hall–Kier alpha value is -1.84. The van der Waals surface area contributed by atoms with E-state index in [9.17, 15) is 4.79 Å². The first-order valence-electron chi connectivity index (χ1n) is 15.3. The van der Waals surface area contributed by atoms with Gasteiger partial charge >= 0.3 is 6.09 Å². The number of nitrogens with zero attached hydrogens (tertiary/aromatic N) is 1. The van der Waals surface area contributed by atoms with Gasteiger partial charge in [0, 0.05) is 12.6 Å². The van der Waals surface area contributed by atoms with Crippen molar-refractivity contribution in [3.8, 4) is 0 Å². The largest absolute Gasteiger partial charge is 0.446 e. The zero-order chi connectivity index (χ0) is 26.2. The van der Waals surface area contributed by atoms with Gasteiger partial charge in [-0.05, 0) is 103 Å². The van der Waals surface area contributed by atoms with Crippen molar-refractivity contribution in [2.45, 2.75) is 111 Å². The average Bonchev–Trinajstić information content (AvgIpc) is 3.22. The molecule has 0 bridgehead atoms. The Morgan fingerprint density at radius 2 is 1.92 bits per heavy atom. The van der Waals surface area contributed by atoms with Crippen LogP contribution < -0.4 is 5.32 Å². The van der Waals surface area contributed by atoms with Gasteiger partial charge in [0.05, 0.1) is 0 Å². The van der Waals surface area contributed by atoms with Gasteiger partial charge in [-0.3, -0.25) is 5.32 Å². The lowest BCUT2D eigenvalue weighted by molar-refractivity contribution is -0.0577. The van der Waals surface area contributed by atoms with Crippen molar-refractivity contribution < 1.29 is 9.53 Å². The Morgan fingerprint density at radius 3 is 2.68 bits per heavy atom. The molecule has 0 saturated heterocycles. The van der Waals surface area contributed by atoms with Crippen LogP contribution in [0.3, 0.4) is 0 Å². The van der Waals surface area contributed by atoms with E-state index in [1.54, 1.807) is 17.8 Å². The van der Waals surface area contributed by atoms with Crippen LogP contribution in [0.2, 0.25) is 0 Å². The topological polar surface area (TPSA) is 51.2 Å². The number of aromatic nitrogens is 1. The molecule has 8 atom stereocenters. The molecule has 4 nitrogen and oxygen atoms in total. The molecule has 0 aliphatic heterocycles. The SMILES string of the molecule is CC(C)CCC[C@@H](C)[C@H]1CC[C@H]2[C@@H]3CC=C4CC(OC(=O)Nc5ccccn5)CC[C@]4(C)[C@H]3CC[C@]12C. The summed E-state index contributed by atoms with van der Waals surface area (Å²) in [6, 6.07) is 5.50. The lowest BCUT2D eigenvalue weighted by Gasteiger charge is -2.58. The molecule has 1 amide bonds. The summed E-state index contributed by atoms with van der Waals surface area (Å²) in [5.74, 6) is 5.66. The van der Waals surface area contributed by atoms with Crippen LogP contribution in [0, 0.1) is 46.3 Å². The number of nitrogens with one attached hydrogen (secondary N) is 1. The Labute approximate surface area is 225 Å². The van der Waals surface area contributed by atoms with E-state index in [4.69, 9.17) is 4.74 Å². The second-order valence-electron chi connectivity index (χ2n) is 13.9. The van der Waals surface area contributed by atoms with Gasteiger partial charge in [-0.2, -0.15) is 0 Å². The predicted molar refractivity (Wildman–Crippen MR) is 151 cm³/mol. The van der Waals surface area contributed by atoms with Gasteiger partial charge in [0.25, 0.3) is 0 Å². The lowest BCUT2D eigenvalue weighted by atomic mass is 9.47. The minimum Gasteiger partial charge on any atom is -0.446 e. The summed E-state index contributed by atoms with van der Waals surface area (Å²) in [5, 5.41) is 2.78. The third-order valence-electron chi connectivity index (χ3n) is 11.4. The van der Waals surface area contributed by atoms with Crippen LogP contribution in [-0.4, -0.2) is 17.2 Å². The van der Waals surface area contributed by atoms with Crippen molar-refractivity contribution in [1.82, 2.24) is 4.98 Å². The first-order valence-corrected chi connectivity index (χ1v) is 15.3. The van der Waals surface area contributed by atoms with E-state index in [0.29, 0.717) is 11.2 Å². The predicted octanol–water partition coefficient (Wildman–Crippen LogP) is 9.04. The molecule has 37 heavy (non-hydrogen) atoms. The summed E-state index contributed by atoms with van der Waals surface area (Å²) < 4.78 is 5.87. The first-order chi connectivity index (χ1) is 17.7. The van der Waals surface area contributed by atoms with E-state index in [0.717, 1.165) is 54.8 Å². The Bertz CT molecular complexity index is 974. The molecule has 0 aromatic carbocycles. The summed E-state index contributed by atoms with van der Waals surface area (Å²) >= 11 is 0. The molecule has 1 unspecified atom stereocenters. The summed E-state index contributed by atoms with van der Waals surface area (Å²) in [7, 11) is 0. The van der Waals surface area contributed by atoms with E-state index >= 15 is 0 Å². The summed E-state index contributed by atoms with van der Waals surface area (Å²) in [4.78, 5) is 16.7. The minimum atomic E-state index is -0.380. The van der Waals surface area contributed by atoms with Gasteiger partial charge < -0.3 is 4.74 Å². The van der Waals surface area contributed by atoms with Crippen LogP contribution in [0.5, 0.6) is 0 Å². The van der Waals surface area contributed by atoms with Crippen molar-refractivity contribution in [1.29, 1.82) is 0 Å². The van der Waals surface area contributed by atoms with E-state index in [1.165, 1.54) is 51.4 Å². The molecule has 1 heterocycles. The number of pyridine rings is 1. The molecule has 5 rings (SSSR count). The van der Waals surface area contributed by atoms with E-state index in [2.05, 4.69) is 51.0 Å². The molecule has 3 saturated carbocycles. The van der Waals surface area contributed by atoms with Crippen molar-refractivity contribution in [3.05, 3.63) is 36.0 Å². The first kappa shape index (κ1) is 26.8. The normalized spacial score (nSPS) is 37.7. The zero-order valence-corrected chi connectivity index (χ0v) is 24.0. The number of fused-ring (bicyclic) bond motifs is 5. The van der Waals surface area contributed by atoms with Gasteiger partial charge in [0.15, 0.2) is 0 Å². The summed E-state index contributed by atoms with van der Waals surface area (Å²) in [6.07, 6.45) is 17.9. The number of amides is 1. The number of hydrogen-bond donors (Lipinski definition) is 1. The van der Waals surface area contributed by atoms with Crippen LogP contribution in [0.15, 0.2) is 36.0 Å². The van der Waals surface area contributed by atoms with Gasteiger partial charge in [-0.25, -0.2) is 9.78 Å². The number of allylic oxidation sites excluding steroid dienone is 1. The zero-order valence-electron chi connectivity index (χ0n) is 24.0. The fourth-order valence-corrected chi connectivity index (χ4v) is 9.47. The van der Waals surface area contributed by atoms with Crippen molar-refractivity contribution in [2.24, 2.45) is 46.3 Å². The number of ether oxygens (including phenoxy) is 1. The van der Waals surface area contributed by atoms with Crippen molar-refractivity contribution in [3.63, 3.8) is 0 Å². The number of hydrogen-bond acceptors (Lipinski definition) is 3. The van der Waals surface area contributed by atoms with Crippen molar-refractivity contribution in [2.75, 3.05) is 5.32 Å². The van der Waals surface area contributed by atoms with Gasteiger partial charge in [0.1, 0.15) is 11.9 Å². The molecule has 3 fully saturated rings. The van der Waals surface area contributed by atoms with Crippen molar-refractivity contribution >= 4 is 11.9 Å². The molecule has 4 heteroatoms. The van der Waals surface area contributed by atoms with Gasteiger partial charge in [0.2, 0.25) is 0 Å². The number of anilines is 1. The Morgan fingerprint density at radius 1 is 1.08 bits per heavy atom. The van der Waals surface area contributed by atoms with E-state index in [-0.39, 0.29) is 17.6 Å². The quantitative estimate of drug-likeness (QED) is 0.375. The fraction of sp³-hybridized carbons (Fsp3) is 0.758. The Kier molecular flexibility index (Phi) is 7.76. The number of rotatable bonds is 7. The summed E-state index contributed by atoms with van der Waals surface area (Å²) in [5.41, 5.74) is 2.38. The highest BCUT2D eigenvalue weighted by Crippen LogP contribution is 2.67. The molecule has 1 N–H and O–H groups in total. The van der Waals surface area contributed by atoms with E-state index in [1.807, 2.05) is 12.1 Å². The summed E-state index contributed by atoms with van der Waals surface area (Å²) in [6.45, 7) is 12.5. The van der Waals surface area contributed by atoms with Gasteiger partial charge in [-0.1, -0.05) is 71.6 Å². The molecule has 0 spiro atoms. The van der Waals surface area contributed by atoms with E-state index < -0.39 is 0 Å². The van der Waals surface area contributed by atoms with Crippen LogP contribution in [-0.2, 0) is 4.74 Å². The molecular weight excluding hydrogens is 456 g/mol. The molecule has 1 aromatic rings. The maximum absolute atomic E-state index is 12.5. The standard InChI is InChI=1S/C33H50N2O2/c1-22(2)9-8-10-23(3)27-14-15-28-26-13-12-24-21-25(37-31(36)35-30-11-6-7-20-34-30)16-18-32(24,4)29(26)17-19-33(27,28)5/h6-7,11-12,20,22-23,25-29H,8-10,13-19,21H2,1-5H3,(H,34,35,36)/t23-,25?,26+,27-,28+,29+,32+,33-/m1/s1. The molecule has 0 radical (unpaired) electrons. The molecule has 1 aromatic heterocycles. The monoisotopic (exact) mass is 506 g/mol. The smallest absolute Gasteiger partial charge is 0.413 e. The molecular formula is C33H50N2O2. The molecule has 4 aliphatic rings. The minimum absolute atomic E-state index is 0.0315. The van der Waals surface area contributed by atoms with Crippen LogP contribution in [0.25, 0.3) is 0 Å². The third kappa shape index (κ3) is 5.23. The highest BCUT2D eigenvalue weighted by molar-refractivity contribution is 5.83. The van der Waals surface area contributed by atoms with Gasteiger partial charge in [-0.15, -0.1) is 0 Å². The maximum Gasteiger partial charge on any atom is 0.413 e. The highest BCUT2D eigenvalue weighted by atomic mass is 16.6. The maximum atomic E-state index is 12.5.